The molecule has 1 aliphatic carbocycles. The molecule has 0 aromatic carbocycles. The van der Waals surface area contributed by atoms with Crippen LogP contribution in [0.4, 0.5) is 0 Å². The van der Waals surface area contributed by atoms with Crippen LogP contribution in [-0.2, 0) is 0 Å². The van der Waals surface area contributed by atoms with Crippen LogP contribution in [0.25, 0.3) is 0 Å². The minimum absolute atomic E-state index is 0.00662. The maximum atomic E-state index is 12.1. The number of hydrogen-bond donors (Lipinski definition) is 0. The van der Waals surface area contributed by atoms with Gasteiger partial charge in [0.05, 0.1) is 0 Å². The van der Waals surface area contributed by atoms with Crippen molar-refractivity contribution < 1.29 is 0 Å². The van der Waals surface area contributed by atoms with E-state index in [9.17, 15) is 4.79 Å². The van der Waals surface area contributed by atoms with Crippen molar-refractivity contribution in [2.24, 2.45) is 5.92 Å². The summed E-state index contributed by atoms with van der Waals surface area (Å²) in [5, 5.41) is 0.299. The van der Waals surface area contributed by atoms with Crippen LogP contribution in [0, 0.1) is 12.8 Å². The largest absolute Gasteiger partial charge is 0.293 e. The molecule has 0 bridgehead atoms. The Hall–Kier alpha value is -0.830. The van der Waals surface area contributed by atoms with Gasteiger partial charge in [0.15, 0.2) is 0 Å². The summed E-state index contributed by atoms with van der Waals surface area (Å²) in [6.45, 7) is 4.07. The molecular formula is C13H19ClN2O. The summed E-state index contributed by atoms with van der Waals surface area (Å²) in [7, 11) is 0. The average Bonchev–Trinajstić information content (AvgIpc) is 2.28. The molecule has 0 saturated heterocycles. The summed E-state index contributed by atoms with van der Waals surface area (Å²) in [6, 6.07) is 1.74. The first kappa shape index (κ1) is 12.6. The fourth-order valence-corrected chi connectivity index (χ4v) is 3.19. The molecule has 2 rings (SSSR count). The fraction of sp³-hybridized carbons (Fsp3) is 0.692. The summed E-state index contributed by atoms with van der Waals surface area (Å²) in [6.07, 6.45) is 5.91. The zero-order valence-electron chi connectivity index (χ0n) is 10.4. The van der Waals surface area contributed by atoms with E-state index in [1.165, 1.54) is 25.3 Å². The molecule has 0 N–H and O–H groups in total. The van der Waals surface area contributed by atoms with Crippen LogP contribution in [0.1, 0.15) is 50.9 Å². The van der Waals surface area contributed by atoms with Gasteiger partial charge in [-0.05, 0) is 25.7 Å². The van der Waals surface area contributed by atoms with Gasteiger partial charge in [0, 0.05) is 12.1 Å². The number of halogens is 1. The van der Waals surface area contributed by atoms with Crippen LogP contribution in [0.3, 0.4) is 0 Å². The maximum Gasteiger partial charge on any atom is 0.255 e. The predicted octanol–water partition coefficient (Wildman–Crippen LogP) is 3.35. The van der Waals surface area contributed by atoms with Gasteiger partial charge in [-0.2, -0.15) is 0 Å². The quantitative estimate of drug-likeness (QED) is 0.759. The van der Waals surface area contributed by atoms with Crippen LogP contribution < -0.4 is 5.56 Å². The first-order chi connectivity index (χ1) is 8.13. The minimum Gasteiger partial charge on any atom is -0.293 e. The third-order valence-electron chi connectivity index (χ3n) is 3.82. The normalized spacial score (nSPS) is 24.9. The van der Waals surface area contributed by atoms with Crippen LogP contribution in [0.5, 0.6) is 0 Å². The SMILES string of the molecule is CCC1CCCCC1n1c(C)nc(Cl)cc1=O. The molecule has 1 aromatic rings. The second-order valence-electron chi connectivity index (χ2n) is 4.85. The maximum absolute atomic E-state index is 12.1. The Morgan fingerprint density at radius 3 is 2.82 bits per heavy atom. The lowest BCUT2D eigenvalue weighted by molar-refractivity contribution is 0.223. The van der Waals surface area contributed by atoms with Gasteiger partial charge < -0.3 is 0 Å². The average molecular weight is 255 g/mol. The Kier molecular flexibility index (Phi) is 3.87. The highest BCUT2D eigenvalue weighted by Crippen LogP contribution is 2.35. The van der Waals surface area contributed by atoms with Crippen LogP contribution in [0.2, 0.25) is 5.15 Å². The fourth-order valence-electron chi connectivity index (χ4n) is 2.98. The molecule has 3 nitrogen and oxygen atoms in total. The smallest absolute Gasteiger partial charge is 0.255 e. The summed E-state index contributed by atoms with van der Waals surface area (Å²) < 4.78 is 1.85. The molecule has 94 valence electrons. The first-order valence-electron chi connectivity index (χ1n) is 6.39. The van der Waals surface area contributed by atoms with E-state index in [4.69, 9.17) is 11.6 Å². The lowest BCUT2D eigenvalue weighted by atomic mass is 9.82. The Morgan fingerprint density at radius 1 is 1.47 bits per heavy atom. The molecule has 1 aromatic heterocycles. The van der Waals surface area contributed by atoms with Gasteiger partial charge >= 0.3 is 0 Å². The van der Waals surface area contributed by atoms with Crippen LogP contribution in [0.15, 0.2) is 10.9 Å². The van der Waals surface area contributed by atoms with E-state index in [1.54, 1.807) is 0 Å². The Labute approximate surface area is 107 Å². The van der Waals surface area contributed by atoms with Crippen molar-refractivity contribution in [3.05, 3.63) is 27.4 Å². The van der Waals surface area contributed by atoms with Crippen molar-refractivity contribution in [3.8, 4) is 0 Å². The van der Waals surface area contributed by atoms with Gasteiger partial charge in [-0.25, -0.2) is 4.98 Å². The van der Waals surface area contributed by atoms with Gasteiger partial charge in [0.25, 0.3) is 5.56 Å². The number of rotatable bonds is 2. The predicted molar refractivity (Wildman–Crippen MR) is 69.5 cm³/mol. The van der Waals surface area contributed by atoms with E-state index in [-0.39, 0.29) is 5.56 Å². The van der Waals surface area contributed by atoms with E-state index in [0.717, 1.165) is 18.7 Å². The molecule has 0 radical (unpaired) electrons. The van der Waals surface area contributed by atoms with Gasteiger partial charge in [-0.3, -0.25) is 9.36 Å². The highest BCUT2D eigenvalue weighted by molar-refractivity contribution is 6.29. The molecule has 1 heterocycles. The van der Waals surface area contributed by atoms with E-state index in [2.05, 4.69) is 11.9 Å². The topological polar surface area (TPSA) is 34.9 Å². The molecule has 17 heavy (non-hydrogen) atoms. The van der Waals surface area contributed by atoms with Gasteiger partial charge in [-0.1, -0.05) is 37.8 Å². The summed E-state index contributed by atoms with van der Waals surface area (Å²) >= 11 is 5.81. The lowest BCUT2D eigenvalue weighted by Crippen LogP contribution is -2.33. The molecule has 0 spiro atoms. The van der Waals surface area contributed by atoms with Crippen LogP contribution >= 0.6 is 11.6 Å². The third kappa shape index (κ3) is 2.54. The summed E-state index contributed by atoms with van der Waals surface area (Å²) in [4.78, 5) is 16.3. The number of aryl methyl sites for hydroxylation is 1. The van der Waals surface area contributed by atoms with Crippen molar-refractivity contribution in [3.63, 3.8) is 0 Å². The second-order valence-corrected chi connectivity index (χ2v) is 5.24. The van der Waals surface area contributed by atoms with Crippen LogP contribution in [-0.4, -0.2) is 9.55 Å². The van der Waals surface area contributed by atoms with E-state index >= 15 is 0 Å². The first-order valence-corrected chi connectivity index (χ1v) is 6.77. The zero-order valence-corrected chi connectivity index (χ0v) is 11.2. The van der Waals surface area contributed by atoms with Gasteiger partial charge in [0.1, 0.15) is 11.0 Å². The van der Waals surface area contributed by atoms with Crippen molar-refractivity contribution in [2.75, 3.05) is 0 Å². The Bertz CT molecular complexity index is 455. The molecule has 2 unspecified atom stereocenters. The lowest BCUT2D eigenvalue weighted by Gasteiger charge is -2.33. The molecule has 1 saturated carbocycles. The molecule has 4 heteroatoms. The van der Waals surface area contributed by atoms with E-state index in [1.807, 2.05) is 11.5 Å². The number of hydrogen-bond acceptors (Lipinski definition) is 2. The molecule has 1 fully saturated rings. The van der Waals surface area contributed by atoms with Crippen molar-refractivity contribution in [2.45, 2.75) is 52.0 Å². The van der Waals surface area contributed by atoms with Crippen molar-refractivity contribution >= 4 is 11.6 Å². The highest BCUT2D eigenvalue weighted by atomic mass is 35.5. The monoisotopic (exact) mass is 254 g/mol. The zero-order chi connectivity index (χ0) is 12.4. The summed E-state index contributed by atoms with van der Waals surface area (Å²) in [5.74, 6) is 1.34. The van der Waals surface area contributed by atoms with Gasteiger partial charge in [-0.15, -0.1) is 0 Å². The third-order valence-corrected chi connectivity index (χ3v) is 4.02. The van der Waals surface area contributed by atoms with Crippen molar-refractivity contribution in [1.82, 2.24) is 9.55 Å². The van der Waals surface area contributed by atoms with E-state index in [0.29, 0.717) is 17.1 Å². The second kappa shape index (κ2) is 5.21. The number of nitrogens with zero attached hydrogens (tertiary/aromatic N) is 2. The molecule has 1 aliphatic rings. The Balaban J connectivity index is 2.41. The molecule has 0 aliphatic heterocycles. The van der Waals surface area contributed by atoms with Gasteiger partial charge in [0.2, 0.25) is 0 Å². The number of aromatic nitrogens is 2. The Morgan fingerprint density at radius 2 is 2.18 bits per heavy atom. The van der Waals surface area contributed by atoms with E-state index < -0.39 is 0 Å². The molecular weight excluding hydrogens is 236 g/mol. The molecule has 0 amide bonds. The minimum atomic E-state index is -0.00662. The van der Waals surface area contributed by atoms with Crippen molar-refractivity contribution in [1.29, 1.82) is 0 Å². The summed E-state index contributed by atoms with van der Waals surface area (Å²) in [5.41, 5.74) is -0.00662. The highest BCUT2D eigenvalue weighted by Gasteiger charge is 2.27. The molecule has 2 atom stereocenters. The standard InChI is InChI=1S/C13H19ClN2O/c1-3-10-6-4-5-7-11(10)16-9(2)15-12(14)8-13(16)17/h8,10-11H,3-7H2,1-2H3.